The molecule has 0 fully saturated rings. The summed E-state index contributed by atoms with van der Waals surface area (Å²) in [6.07, 6.45) is -4.70. The van der Waals surface area contributed by atoms with Crippen LogP contribution in [0.1, 0.15) is 12.5 Å². The summed E-state index contributed by atoms with van der Waals surface area (Å²) in [6.45, 7) is 1.52. The minimum absolute atomic E-state index is 0.218. The number of alkyl halides is 3. The van der Waals surface area contributed by atoms with Crippen LogP contribution in [0.4, 0.5) is 24.5 Å². The Morgan fingerprint density at radius 2 is 1.60 bits per heavy atom. The zero-order chi connectivity index (χ0) is 25.6. The van der Waals surface area contributed by atoms with Crippen molar-refractivity contribution in [2.24, 2.45) is 0 Å². The first-order chi connectivity index (χ1) is 16.5. The third kappa shape index (κ3) is 6.44. The van der Waals surface area contributed by atoms with E-state index in [2.05, 4.69) is 5.32 Å². The van der Waals surface area contributed by atoms with Crippen LogP contribution < -0.4 is 19.1 Å². The van der Waals surface area contributed by atoms with Gasteiger partial charge in [0.25, 0.3) is 10.0 Å². The van der Waals surface area contributed by atoms with E-state index >= 15 is 0 Å². The van der Waals surface area contributed by atoms with Gasteiger partial charge in [0.05, 0.1) is 29.9 Å². The molecule has 3 aromatic carbocycles. The van der Waals surface area contributed by atoms with E-state index in [0.717, 1.165) is 12.1 Å². The number of anilines is 2. The highest BCUT2D eigenvalue weighted by atomic mass is 32.2. The molecule has 0 saturated heterocycles. The lowest BCUT2D eigenvalue weighted by Crippen LogP contribution is -2.38. The lowest BCUT2D eigenvalue weighted by molar-refractivity contribution is -0.137. The number of nitrogens with one attached hydrogen (secondary N) is 1. The number of amides is 1. The molecule has 7 nitrogen and oxygen atoms in total. The monoisotopic (exact) mass is 508 g/mol. The Morgan fingerprint density at radius 3 is 2.17 bits per heavy atom. The van der Waals surface area contributed by atoms with Crippen molar-refractivity contribution in [2.75, 3.05) is 29.9 Å². The van der Waals surface area contributed by atoms with E-state index < -0.39 is 34.2 Å². The maximum atomic E-state index is 13.4. The van der Waals surface area contributed by atoms with Gasteiger partial charge in [0, 0.05) is 5.69 Å². The maximum absolute atomic E-state index is 13.4. The Labute approximate surface area is 201 Å². The molecule has 0 heterocycles. The topological polar surface area (TPSA) is 84.9 Å². The molecule has 186 valence electrons. The van der Waals surface area contributed by atoms with E-state index in [-0.39, 0.29) is 10.6 Å². The summed E-state index contributed by atoms with van der Waals surface area (Å²) in [5.74, 6) is 0.227. The van der Waals surface area contributed by atoms with Gasteiger partial charge in [0.1, 0.15) is 18.0 Å². The van der Waals surface area contributed by atoms with Crippen molar-refractivity contribution in [3.05, 3.63) is 78.4 Å². The SMILES string of the molecule is CCOc1ccc(NC(=O)CN(c2cccc(C(F)(F)F)c2)S(=O)(=O)c2ccc(OC)cc2)cc1. The van der Waals surface area contributed by atoms with Crippen LogP contribution in [0.15, 0.2) is 77.7 Å². The Balaban J connectivity index is 1.95. The molecule has 0 aliphatic rings. The molecule has 3 rings (SSSR count). The summed E-state index contributed by atoms with van der Waals surface area (Å²) in [7, 11) is -3.01. The molecule has 0 bridgehead atoms. The third-order valence-corrected chi connectivity index (χ3v) is 6.63. The van der Waals surface area contributed by atoms with Crippen molar-refractivity contribution >= 4 is 27.3 Å². The van der Waals surface area contributed by atoms with Crippen LogP contribution in [0.3, 0.4) is 0 Å². The summed E-state index contributed by atoms with van der Waals surface area (Å²) >= 11 is 0. The van der Waals surface area contributed by atoms with Gasteiger partial charge in [-0.2, -0.15) is 13.2 Å². The van der Waals surface area contributed by atoms with E-state index in [1.54, 1.807) is 24.3 Å². The molecule has 1 N–H and O–H groups in total. The van der Waals surface area contributed by atoms with Crippen LogP contribution in [-0.2, 0) is 21.0 Å². The molecule has 35 heavy (non-hydrogen) atoms. The molecule has 0 radical (unpaired) electrons. The fourth-order valence-corrected chi connectivity index (χ4v) is 4.57. The summed E-state index contributed by atoms with van der Waals surface area (Å²) < 4.78 is 77.7. The van der Waals surface area contributed by atoms with Gasteiger partial charge in [0.15, 0.2) is 0 Å². The van der Waals surface area contributed by atoms with Crippen LogP contribution in [0.2, 0.25) is 0 Å². The number of carbonyl (C=O) groups excluding carboxylic acids is 1. The van der Waals surface area contributed by atoms with Crippen molar-refractivity contribution in [1.29, 1.82) is 0 Å². The highest BCUT2D eigenvalue weighted by Gasteiger charge is 2.33. The molecule has 0 aliphatic heterocycles. The second-order valence-electron chi connectivity index (χ2n) is 7.24. The number of halogens is 3. The number of rotatable bonds is 9. The van der Waals surface area contributed by atoms with Gasteiger partial charge < -0.3 is 14.8 Å². The van der Waals surface area contributed by atoms with Crippen molar-refractivity contribution in [3.63, 3.8) is 0 Å². The van der Waals surface area contributed by atoms with Gasteiger partial charge in [-0.1, -0.05) is 6.07 Å². The van der Waals surface area contributed by atoms with Crippen molar-refractivity contribution in [3.8, 4) is 11.5 Å². The highest BCUT2D eigenvalue weighted by molar-refractivity contribution is 7.92. The van der Waals surface area contributed by atoms with E-state index in [1.165, 1.54) is 37.4 Å². The number of hydrogen-bond donors (Lipinski definition) is 1. The minimum atomic E-state index is -4.70. The lowest BCUT2D eigenvalue weighted by atomic mass is 10.2. The first kappa shape index (κ1) is 25.9. The number of ether oxygens (including phenoxy) is 2. The number of sulfonamides is 1. The average molecular weight is 509 g/mol. The molecular weight excluding hydrogens is 485 g/mol. The van der Waals surface area contributed by atoms with E-state index in [9.17, 15) is 26.4 Å². The predicted octanol–water partition coefficient (Wildman–Crippen LogP) is 4.95. The fraction of sp³-hybridized carbons (Fsp3) is 0.208. The molecule has 0 saturated carbocycles. The van der Waals surface area contributed by atoms with E-state index in [0.29, 0.717) is 34.2 Å². The lowest BCUT2D eigenvalue weighted by Gasteiger charge is -2.25. The second kappa shape index (κ2) is 10.7. The Hall–Kier alpha value is -3.73. The zero-order valence-corrected chi connectivity index (χ0v) is 19.7. The molecule has 3 aromatic rings. The Bertz CT molecular complexity index is 1260. The van der Waals surface area contributed by atoms with Gasteiger partial charge in [-0.05, 0) is 73.7 Å². The number of methoxy groups -OCH3 is 1. The summed E-state index contributed by atoms with van der Waals surface area (Å²) in [4.78, 5) is 12.6. The van der Waals surface area contributed by atoms with Crippen LogP contribution >= 0.6 is 0 Å². The molecule has 1 amide bonds. The summed E-state index contributed by atoms with van der Waals surface area (Å²) in [5, 5.41) is 2.56. The zero-order valence-electron chi connectivity index (χ0n) is 18.9. The normalized spacial score (nSPS) is 11.6. The molecule has 0 aliphatic carbocycles. The van der Waals surface area contributed by atoms with Crippen molar-refractivity contribution < 1.29 is 35.9 Å². The number of nitrogens with zero attached hydrogens (tertiary/aromatic N) is 1. The van der Waals surface area contributed by atoms with Crippen LogP contribution in [0.25, 0.3) is 0 Å². The van der Waals surface area contributed by atoms with Gasteiger partial charge >= 0.3 is 6.18 Å². The maximum Gasteiger partial charge on any atom is 0.416 e. The Kier molecular flexibility index (Phi) is 7.90. The van der Waals surface area contributed by atoms with E-state index in [4.69, 9.17) is 9.47 Å². The molecule has 0 aromatic heterocycles. The summed E-state index contributed by atoms with van der Waals surface area (Å²) in [6, 6.07) is 15.5. The van der Waals surface area contributed by atoms with Crippen molar-refractivity contribution in [2.45, 2.75) is 18.0 Å². The highest BCUT2D eigenvalue weighted by Crippen LogP contribution is 2.33. The standard InChI is InChI=1S/C24H23F3N2O5S/c1-3-34-21-9-7-18(8-10-21)28-23(30)16-29(19-6-4-5-17(15-19)24(25,26)27)35(31,32)22-13-11-20(33-2)12-14-22/h4-15H,3,16H2,1-2H3,(H,28,30). The first-order valence-electron chi connectivity index (χ1n) is 10.4. The third-order valence-electron chi connectivity index (χ3n) is 4.85. The first-order valence-corrected chi connectivity index (χ1v) is 11.9. The number of hydrogen-bond acceptors (Lipinski definition) is 5. The molecule has 11 heteroatoms. The van der Waals surface area contributed by atoms with Crippen LogP contribution in [-0.4, -0.2) is 34.6 Å². The predicted molar refractivity (Wildman–Crippen MR) is 125 cm³/mol. The molecule has 0 unspecified atom stereocenters. The number of benzene rings is 3. The quantitative estimate of drug-likeness (QED) is 0.442. The van der Waals surface area contributed by atoms with Crippen LogP contribution in [0, 0.1) is 0 Å². The minimum Gasteiger partial charge on any atom is -0.497 e. The fourth-order valence-electron chi connectivity index (χ4n) is 3.16. The van der Waals surface area contributed by atoms with Gasteiger partial charge in [-0.3, -0.25) is 9.10 Å². The second-order valence-corrected chi connectivity index (χ2v) is 9.10. The van der Waals surface area contributed by atoms with Gasteiger partial charge in [-0.15, -0.1) is 0 Å². The largest absolute Gasteiger partial charge is 0.497 e. The van der Waals surface area contributed by atoms with Crippen molar-refractivity contribution in [1.82, 2.24) is 0 Å². The molecule has 0 spiro atoms. The smallest absolute Gasteiger partial charge is 0.416 e. The average Bonchev–Trinajstić information content (AvgIpc) is 2.83. The van der Waals surface area contributed by atoms with Gasteiger partial charge in [0.2, 0.25) is 5.91 Å². The van der Waals surface area contributed by atoms with Crippen LogP contribution in [0.5, 0.6) is 11.5 Å². The molecule has 0 atom stereocenters. The summed E-state index contributed by atoms with van der Waals surface area (Å²) in [5.41, 5.74) is -0.987. The van der Waals surface area contributed by atoms with E-state index in [1.807, 2.05) is 6.92 Å². The Morgan fingerprint density at radius 1 is 0.971 bits per heavy atom. The molecular formula is C24H23F3N2O5S. The number of carbonyl (C=O) groups is 1. The van der Waals surface area contributed by atoms with Gasteiger partial charge in [-0.25, -0.2) is 8.42 Å².